The zero-order chi connectivity index (χ0) is 14.1. The average molecular weight is 270 g/mol. The van der Waals surface area contributed by atoms with Gasteiger partial charge in [-0.2, -0.15) is 9.97 Å². The van der Waals surface area contributed by atoms with Gasteiger partial charge in [-0.25, -0.2) is 5.84 Å². The van der Waals surface area contributed by atoms with Crippen molar-refractivity contribution in [3.63, 3.8) is 0 Å². The van der Waals surface area contributed by atoms with E-state index in [4.69, 9.17) is 15.3 Å². The maximum atomic E-state index is 5.49. The Morgan fingerprint density at radius 3 is 2.21 bits per heavy atom. The first-order valence-corrected chi connectivity index (χ1v) is 6.44. The van der Waals surface area contributed by atoms with Crippen molar-refractivity contribution in [2.75, 3.05) is 38.3 Å². The van der Waals surface area contributed by atoms with Crippen molar-refractivity contribution in [1.29, 1.82) is 0 Å². The highest BCUT2D eigenvalue weighted by Gasteiger charge is 2.08. The Balaban J connectivity index is 2.58. The maximum Gasteiger partial charge on any atom is 0.324 e. The van der Waals surface area contributed by atoms with Crippen LogP contribution in [0.4, 0.5) is 5.95 Å². The fourth-order valence-electron chi connectivity index (χ4n) is 1.47. The van der Waals surface area contributed by atoms with Crippen LogP contribution < -0.4 is 20.7 Å². The van der Waals surface area contributed by atoms with Crippen LogP contribution in [0.15, 0.2) is 0 Å². The summed E-state index contributed by atoms with van der Waals surface area (Å²) in [5.41, 5.74) is 2.36. The van der Waals surface area contributed by atoms with Gasteiger partial charge in [-0.3, -0.25) is 5.43 Å². The third kappa shape index (κ3) is 5.23. The predicted molar refractivity (Wildman–Crippen MR) is 72.1 cm³/mol. The number of hydrogen-bond acceptors (Lipinski definition) is 8. The lowest BCUT2D eigenvalue weighted by Crippen LogP contribution is -2.28. The van der Waals surface area contributed by atoms with Crippen LogP contribution in [0.3, 0.4) is 0 Å². The molecule has 0 aliphatic heterocycles. The molecule has 0 bridgehead atoms. The fraction of sp³-hybridized carbons (Fsp3) is 0.727. The Morgan fingerprint density at radius 2 is 1.68 bits per heavy atom. The number of hydrazine groups is 1. The van der Waals surface area contributed by atoms with Crippen molar-refractivity contribution < 1.29 is 9.47 Å². The molecule has 1 rings (SSSR count). The molecule has 0 aliphatic carbocycles. The van der Waals surface area contributed by atoms with Gasteiger partial charge in [0.25, 0.3) is 0 Å². The molecule has 8 heteroatoms. The van der Waals surface area contributed by atoms with Crippen LogP contribution in [0.2, 0.25) is 0 Å². The summed E-state index contributed by atoms with van der Waals surface area (Å²) in [6.07, 6.45) is 0. The van der Waals surface area contributed by atoms with Crippen LogP contribution in [-0.4, -0.2) is 52.7 Å². The van der Waals surface area contributed by atoms with Gasteiger partial charge in [0, 0.05) is 6.54 Å². The minimum absolute atomic E-state index is 0.197. The number of ether oxygens (including phenoxy) is 2. The fourth-order valence-corrected chi connectivity index (χ4v) is 1.47. The van der Waals surface area contributed by atoms with E-state index in [9.17, 15) is 0 Å². The summed E-state index contributed by atoms with van der Waals surface area (Å²) in [5.74, 6) is 5.50. The standard InChI is InChI=1S/C11H22N6O2/c1-4-17(5-2)7-8-19-11-14-9(16-12)13-10(15-11)18-6-3/h4-8,12H2,1-3H3,(H,13,14,15,16). The minimum Gasteiger partial charge on any atom is -0.464 e. The van der Waals surface area contributed by atoms with Crippen LogP contribution in [-0.2, 0) is 0 Å². The number of nitrogens with zero attached hydrogens (tertiary/aromatic N) is 4. The molecule has 0 saturated carbocycles. The Bertz CT molecular complexity index is 372. The SMILES string of the molecule is CCOc1nc(NN)nc(OCCN(CC)CC)n1. The molecule has 0 fully saturated rings. The number of rotatable bonds is 9. The summed E-state index contributed by atoms with van der Waals surface area (Å²) in [4.78, 5) is 14.2. The molecule has 1 heterocycles. The van der Waals surface area contributed by atoms with Crippen LogP contribution in [0.1, 0.15) is 20.8 Å². The molecular weight excluding hydrogens is 248 g/mol. The van der Waals surface area contributed by atoms with Gasteiger partial charge in [0.1, 0.15) is 6.61 Å². The van der Waals surface area contributed by atoms with E-state index >= 15 is 0 Å². The van der Waals surface area contributed by atoms with Crippen molar-refractivity contribution in [3.05, 3.63) is 0 Å². The molecule has 108 valence electrons. The van der Waals surface area contributed by atoms with Crippen LogP contribution in [0.5, 0.6) is 12.0 Å². The van der Waals surface area contributed by atoms with Gasteiger partial charge < -0.3 is 14.4 Å². The third-order valence-corrected chi connectivity index (χ3v) is 2.53. The lowest BCUT2D eigenvalue weighted by atomic mass is 10.5. The molecule has 0 atom stereocenters. The number of likely N-dealkylation sites (N-methyl/N-ethyl adjacent to an activating group) is 1. The molecule has 0 aromatic carbocycles. The number of aromatic nitrogens is 3. The number of hydrogen-bond donors (Lipinski definition) is 2. The second-order valence-electron chi connectivity index (χ2n) is 3.68. The second kappa shape index (κ2) is 8.44. The zero-order valence-corrected chi connectivity index (χ0v) is 11.7. The van der Waals surface area contributed by atoms with Crippen molar-refractivity contribution >= 4 is 5.95 Å². The van der Waals surface area contributed by atoms with E-state index in [2.05, 4.69) is 39.1 Å². The normalized spacial score (nSPS) is 10.6. The molecule has 3 N–H and O–H groups in total. The molecule has 0 radical (unpaired) electrons. The predicted octanol–water partition coefficient (Wildman–Crippen LogP) is 0.276. The maximum absolute atomic E-state index is 5.49. The molecule has 0 saturated heterocycles. The third-order valence-electron chi connectivity index (χ3n) is 2.53. The van der Waals surface area contributed by atoms with Crippen molar-refractivity contribution in [2.24, 2.45) is 5.84 Å². The van der Waals surface area contributed by atoms with E-state index in [1.54, 1.807) is 0 Å². The minimum atomic E-state index is 0.197. The average Bonchev–Trinajstić information content (AvgIpc) is 2.43. The lowest BCUT2D eigenvalue weighted by Gasteiger charge is -2.17. The molecule has 0 aliphatic rings. The van der Waals surface area contributed by atoms with Gasteiger partial charge in [-0.15, -0.1) is 4.98 Å². The summed E-state index contributed by atoms with van der Waals surface area (Å²) in [5, 5.41) is 0. The van der Waals surface area contributed by atoms with Gasteiger partial charge in [0.05, 0.1) is 6.61 Å². The van der Waals surface area contributed by atoms with E-state index in [0.717, 1.165) is 19.6 Å². The molecule has 1 aromatic rings. The van der Waals surface area contributed by atoms with Gasteiger partial charge in [-0.05, 0) is 20.0 Å². The monoisotopic (exact) mass is 270 g/mol. The van der Waals surface area contributed by atoms with Crippen LogP contribution in [0, 0.1) is 0 Å². The first-order valence-electron chi connectivity index (χ1n) is 6.44. The van der Waals surface area contributed by atoms with Gasteiger partial charge in [0.15, 0.2) is 0 Å². The smallest absolute Gasteiger partial charge is 0.324 e. The summed E-state index contributed by atoms with van der Waals surface area (Å²) >= 11 is 0. The lowest BCUT2D eigenvalue weighted by molar-refractivity contribution is 0.208. The van der Waals surface area contributed by atoms with E-state index < -0.39 is 0 Å². The van der Waals surface area contributed by atoms with E-state index in [0.29, 0.717) is 13.2 Å². The molecular formula is C11H22N6O2. The number of nitrogens with two attached hydrogens (primary N) is 1. The molecule has 19 heavy (non-hydrogen) atoms. The first-order chi connectivity index (χ1) is 9.23. The Kier molecular flexibility index (Phi) is 6.83. The highest BCUT2D eigenvalue weighted by molar-refractivity contribution is 5.25. The van der Waals surface area contributed by atoms with Crippen LogP contribution in [0.25, 0.3) is 0 Å². The number of anilines is 1. The van der Waals surface area contributed by atoms with Gasteiger partial charge in [-0.1, -0.05) is 13.8 Å². The summed E-state index contributed by atoms with van der Waals surface area (Å²) in [7, 11) is 0. The molecule has 0 unspecified atom stereocenters. The Hall–Kier alpha value is -1.67. The molecule has 0 spiro atoms. The zero-order valence-electron chi connectivity index (χ0n) is 11.7. The highest BCUT2D eigenvalue weighted by atomic mass is 16.5. The quantitative estimate of drug-likeness (QED) is 0.487. The van der Waals surface area contributed by atoms with E-state index in [1.807, 2.05) is 6.92 Å². The Morgan fingerprint density at radius 1 is 1.05 bits per heavy atom. The summed E-state index contributed by atoms with van der Waals surface area (Å²) in [6.45, 7) is 9.81. The summed E-state index contributed by atoms with van der Waals surface area (Å²) in [6, 6.07) is 0.404. The second-order valence-corrected chi connectivity index (χ2v) is 3.68. The van der Waals surface area contributed by atoms with E-state index in [-0.39, 0.29) is 18.0 Å². The first kappa shape index (κ1) is 15.4. The molecule has 1 aromatic heterocycles. The van der Waals surface area contributed by atoms with E-state index in [1.165, 1.54) is 0 Å². The van der Waals surface area contributed by atoms with Crippen molar-refractivity contribution in [3.8, 4) is 12.0 Å². The van der Waals surface area contributed by atoms with Crippen molar-refractivity contribution in [1.82, 2.24) is 19.9 Å². The summed E-state index contributed by atoms with van der Waals surface area (Å²) < 4.78 is 10.7. The van der Waals surface area contributed by atoms with Gasteiger partial charge >= 0.3 is 12.0 Å². The number of nitrogen functional groups attached to an aromatic ring is 1. The van der Waals surface area contributed by atoms with Crippen molar-refractivity contribution in [2.45, 2.75) is 20.8 Å². The topological polar surface area (TPSA) is 98.4 Å². The number of nitrogens with one attached hydrogen (secondary N) is 1. The van der Waals surface area contributed by atoms with Gasteiger partial charge in [0.2, 0.25) is 5.95 Å². The molecule has 0 amide bonds. The Labute approximate surface area is 113 Å². The highest BCUT2D eigenvalue weighted by Crippen LogP contribution is 2.12. The largest absolute Gasteiger partial charge is 0.464 e. The molecule has 8 nitrogen and oxygen atoms in total. The van der Waals surface area contributed by atoms with Crippen LogP contribution >= 0.6 is 0 Å².